The van der Waals surface area contributed by atoms with Gasteiger partial charge in [-0.1, -0.05) is 32.0 Å². The number of nitrogens with zero attached hydrogens (tertiary/aromatic N) is 5. The number of imidazole rings is 2. The van der Waals surface area contributed by atoms with E-state index in [4.69, 9.17) is 20.7 Å². The van der Waals surface area contributed by atoms with E-state index in [0.29, 0.717) is 48.0 Å². The highest BCUT2D eigenvalue weighted by molar-refractivity contribution is 6.07. The molecule has 6 N–H and O–H groups in total. The number of rotatable bonds is 13. The lowest BCUT2D eigenvalue weighted by molar-refractivity contribution is -0.133. The van der Waals surface area contributed by atoms with Crippen LogP contribution in [0.3, 0.4) is 0 Å². The third-order valence-corrected chi connectivity index (χ3v) is 9.46. The molecule has 4 amide bonds. The molecule has 0 aliphatic carbocycles. The smallest absolute Gasteiger partial charge is 0.407 e. The van der Waals surface area contributed by atoms with Crippen LogP contribution in [-0.2, 0) is 34.0 Å². The van der Waals surface area contributed by atoms with Crippen LogP contribution in [0.15, 0.2) is 48.7 Å². The summed E-state index contributed by atoms with van der Waals surface area (Å²) in [6, 6.07) is 13.9. The first-order valence-electron chi connectivity index (χ1n) is 17.4. The second-order valence-electron chi connectivity index (χ2n) is 12.9. The summed E-state index contributed by atoms with van der Waals surface area (Å²) in [5.41, 5.74) is 6.04. The van der Waals surface area contributed by atoms with Gasteiger partial charge < -0.3 is 45.8 Å². The van der Waals surface area contributed by atoms with Crippen molar-refractivity contribution >= 4 is 45.8 Å². The molecule has 0 radical (unpaired) electrons. The average molecular weight is 726 g/mol. The number of benzene rings is 3. The molecule has 1 aliphatic heterocycles. The van der Waals surface area contributed by atoms with Crippen molar-refractivity contribution < 1.29 is 33.8 Å². The van der Waals surface area contributed by atoms with Gasteiger partial charge in [-0.25, -0.2) is 24.2 Å². The van der Waals surface area contributed by atoms with E-state index >= 15 is 0 Å². The molecule has 3 aromatic carbocycles. The number of nitrogens with two attached hydrogens (primary N) is 1. The fraction of sp³-hybridized carbons (Fsp3) is 0.351. The van der Waals surface area contributed by atoms with Crippen LogP contribution in [0, 0.1) is 0 Å². The normalized spacial score (nSPS) is 12.4. The van der Waals surface area contributed by atoms with Crippen LogP contribution in [-0.4, -0.2) is 91.3 Å². The number of carbonyl (C=O) groups excluding carboxylic acids is 3. The van der Waals surface area contributed by atoms with Crippen molar-refractivity contribution in [1.29, 1.82) is 0 Å². The Kier molecular flexibility index (Phi) is 10.7. The Morgan fingerprint density at radius 2 is 1.85 bits per heavy atom. The third kappa shape index (κ3) is 7.66. The second-order valence-corrected chi connectivity index (χ2v) is 12.9. The summed E-state index contributed by atoms with van der Waals surface area (Å²) >= 11 is 0. The highest BCUT2D eigenvalue weighted by Gasteiger charge is 2.25. The lowest BCUT2D eigenvalue weighted by Crippen LogP contribution is -2.44. The fourth-order valence-electron chi connectivity index (χ4n) is 6.51. The Morgan fingerprint density at radius 3 is 2.58 bits per heavy atom. The van der Waals surface area contributed by atoms with Gasteiger partial charge in [-0.15, -0.1) is 0 Å². The van der Waals surface area contributed by atoms with Crippen molar-refractivity contribution in [1.82, 2.24) is 40.1 Å². The minimum atomic E-state index is -1.27. The largest absolute Gasteiger partial charge is 0.488 e. The number of hydrogen-bond donors (Lipinski definition) is 5. The number of methoxy groups -OCH3 is 1. The zero-order valence-electron chi connectivity index (χ0n) is 30.1. The highest BCUT2D eigenvalue weighted by Crippen LogP contribution is 2.42. The maximum Gasteiger partial charge on any atom is 0.407 e. The molecule has 1 atom stereocenters. The summed E-state index contributed by atoms with van der Waals surface area (Å²) in [7, 11) is 1.25. The molecule has 0 fully saturated rings. The Bertz CT molecular complexity index is 2190. The molecule has 0 saturated heterocycles. The van der Waals surface area contributed by atoms with Crippen LogP contribution >= 0.6 is 0 Å². The van der Waals surface area contributed by atoms with Gasteiger partial charge in [0.1, 0.15) is 37.1 Å². The number of aromatic nitrogens is 4. The molecule has 53 heavy (non-hydrogen) atoms. The number of H-pyrrole nitrogens is 1. The molecule has 16 nitrogen and oxygen atoms in total. The zero-order valence-corrected chi connectivity index (χ0v) is 30.1. The van der Waals surface area contributed by atoms with Gasteiger partial charge in [-0.05, 0) is 66.1 Å². The van der Waals surface area contributed by atoms with Crippen LogP contribution < -0.4 is 21.2 Å². The lowest BCUT2D eigenvalue weighted by atomic mass is 9.92. The number of carbonyl (C=O) groups is 4. The van der Waals surface area contributed by atoms with Crippen LogP contribution in [0.25, 0.3) is 44.2 Å². The van der Waals surface area contributed by atoms with Crippen molar-refractivity contribution in [3.63, 3.8) is 0 Å². The Morgan fingerprint density at radius 1 is 1.06 bits per heavy atom. The van der Waals surface area contributed by atoms with Gasteiger partial charge in [0.25, 0.3) is 0 Å². The topological polar surface area (TPSA) is 210 Å². The van der Waals surface area contributed by atoms with Crippen molar-refractivity contribution in [2.24, 2.45) is 0 Å². The predicted molar refractivity (Wildman–Crippen MR) is 197 cm³/mol. The molecule has 0 unspecified atom stereocenters. The van der Waals surface area contributed by atoms with E-state index in [1.54, 1.807) is 16.0 Å². The van der Waals surface area contributed by atoms with Crippen LogP contribution in [0.4, 0.5) is 9.59 Å². The monoisotopic (exact) mass is 725 g/mol. The first-order chi connectivity index (χ1) is 25.5. The van der Waals surface area contributed by atoms with E-state index in [2.05, 4.69) is 43.5 Å². The number of ether oxygens (including phenoxy) is 2. The van der Waals surface area contributed by atoms with Gasteiger partial charge in [-0.2, -0.15) is 0 Å². The first-order valence-corrected chi connectivity index (χ1v) is 17.4. The standard InChI is InChI=1S/C37H43N9O7/c1-5-11-44(33(47)16-41-37(51)52-4)18-31-39-15-29(42-31)23-7-9-25-24(12-23)20-53-30-14-26-22(13-27(25)30)8-10-28-35(26)46(38)32(43-28)19-45(21(3)6-2)34(48)17-40-36(49)50/h7-10,12-15,21,40H,5-6,11,16-20,38H2,1-4H3,(H,39,42)(H,41,51)(H,49,50)/t21-/m0/s1. The molecule has 3 heterocycles. The summed E-state index contributed by atoms with van der Waals surface area (Å²) in [4.78, 5) is 64.0. The summed E-state index contributed by atoms with van der Waals surface area (Å²) in [6.07, 6.45) is 1.22. The maximum atomic E-state index is 13.0. The third-order valence-electron chi connectivity index (χ3n) is 9.46. The minimum Gasteiger partial charge on any atom is -0.488 e. The molecule has 0 spiro atoms. The molecule has 16 heteroatoms. The number of alkyl carbamates (subject to hydrolysis) is 1. The number of amides is 4. The SMILES string of the molecule is CCCN(Cc1ncc(-c2ccc3c(c2)COc2cc4c(ccc5nc(CN(C(=O)CNC(=O)O)[C@@H](C)CC)n(N)c54)cc2-3)[nH]1)C(=O)CNC(=O)OC. The van der Waals surface area contributed by atoms with E-state index in [-0.39, 0.29) is 44.0 Å². The summed E-state index contributed by atoms with van der Waals surface area (Å²) in [5.74, 6) is 7.83. The molecule has 0 saturated carbocycles. The summed E-state index contributed by atoms with van der Waals surface area (Å²) < 4.78 is 12.4. The van der Waals surface area contributed by atoms with E-state index in [9.17, 15) is 19.2 Å². The van der Waals surface area contributed by atoms with Crippen LogP contribution in [0.1, 0.15) is 50.8 Å². The molecule has 1 aliphatic rings. The molecule has 6 rings (SSSR count). The first kappa shape index (κ1) is 36.5. The number of carboxylic acid groups (broad SMARTS) is 1. The minimum absolute atomic E-state index is 0.112. The molecule has 278 valence electrons. The molecular formula is C37H43N9O7. The van der Waals surface area contributed by atoms with E-state index in [1.165, 1.54) is 11.8 Å². The Balaban J connectivity index is 1.24. The van der Waals surface area contributed by atoms with Gasteiger partial charge in [0.15, 0.2) is 0 Å². The Hall–Kier alpha value is -6.32. The van der Waals surface area contributed by atoms with E-state index in [0.717, 1.165) is 45.1 Å². The van der Waals surface area contributed by atoms with E-state index < -0.39 is 12.2 Å². The molecule has 0 bridgehead atoms. The molecule has 2 aromatic heterocycles. The Labute approximate surface area is 305 Å². The van der Waals surface area contributed by atoms with Gasteiger partial charge in [0, 0.05) is 23.5 Å². The van der Waals surface area contributed by atoms with Crippen LogP contribution in [0.2, 0.25) is 0 Å². The predicted octanol–water partition coefficient (Wildman–Crippen LogP) is 4.34. The summed E-state index contributed by atoms with van der Waals surface area (Å²) in [6.45, 7) is 6.54. The van der Waals surface area contributed by atoms with Gasteiger partial charge >= 0.3 is 12.2 Å². The molecular weight excluding hydrogens is 682 g/mol. The van der Waals surface area contributed by atoms with Crippen LogP contribution in [0.5, 0.6) is 5.75 Å². The molecule has 5 aromatic rings. The van der Waals surface area contributed by atoms with Crippen molar-refractivity contribution in [3.8, 4) is 28.1 Å². The summed E-state index contributed by atoms with van der Waals surface area (Å²) in [5, 5.41) is 15.4. The zero-order chi connectivity index (χ0) is 37.8. The van der Waals surface area contributed by atoms with E-state index in [1.807, 2.05) is 45.0 Å². The highest BCUT2D eigenvalue weighted by atomic mass is 16.5. The number of hydrogen-bond acceptors (Lipinski definition) is 9. The van der Waals surface area contributed by atoms with Crippen molar-refractivity contribution in [3.05, 3.63) is 65.9 Å². The van der Waals surface area contributed by atoms with Gasteiger partial charge in [0.05, 0.1) is 43.1 Å². The fourth-order valence-corrected chi connectivity index (χ4v) is 6.51. The second kappa shape index (κ2) is 15.5. The van der Waals surface area contributed by atoms with Gasteiger partial charge in [-0.3, -0.25) is 9.59 Å². The van der Waals surface area contributed by atoms with Crippen molar-refractivity contribution in [2.45, 2.75) is 59.4 Å². The quantitative estimate of drug-likeness (QED) is 0.108. The average Bonchev–Trinajstić information content (AvgIpc) is 3.77. The maximum absolute atomic E-state index is 13.0. The number of aromatic amines is 1. The van der Waals surface area contributed by atoms with Crippen molar-refractivity contribution in [2.75, 3.05) is 32.6 Å². The number of nitrogens with one attached hydrogen (secondary N) is 3. The van der Waals surface area contributed by atoms with Gasteiger partial charge in [0.2, 0.25) is 11.8 Å². The number of nitrogen functional groups attached to an aromatic ring is 1. The lowest BCUT2D eigenvalue weighted by Gasteiger charge is -2.28. The number of fused-ring (bicyclic) bond motifs is 6.